The molecular weight excluding hydrogens is 671 g/mol. The fourth-order valence-electron chi connectivity index (χ4n) is 7.80. The molecule has 2 heterocycles. The number of rotatable bonds is 5. The van der Waals surface area contributed by atoms with Gasteiger partial charge >= 0.3 is 0 Å². The van der Waals surface area contributed by atoms with Gasteiger partial charge in [0.2, 0.25) is 0 Å². The Balaban J connectivity index is 1.15. The number of fused-ring (bicyclic) bond motifs is 6. The predicted molar refractivity (Wildman–Crippen MR) is 227 cm³/mol. The van der Waals surface area contributed by atoms with E-state index in [4.69, 9.17) is 19.4 Å². The summed E-state index contributed by atoms with van der Waals surface area (Å²) in [6.07, 6.45) is 0. The molecule has 0 aliphatic heterocycles. The molecule has 4 heteroatoms. The van der Waals surface area contributed by atoms with E-state index in [9.17, 15) is 0 Å². The molecule has 11 aromatic rings. The van der Waals surface area contributed by atoms with E-state index in [1.54, 1.807) is 0 Å². The van der Waals surface area contributed by atoms with E-state index >= 15 is 0 Å². The van der Waals surface area contributed by atoms with Gasteiger partial charge in [-0.25, -0.2) is 15.0 Å². The second kappa shape index (κ2) is 12.6. The molecule has 0 aliphatic rings. The summed E-state index contributed by atoms with van der Waals surface area (Å²) in [5.74, 6) is 1.76. The highest BCUT2D eigenvalue weighted by molar-refractivity contribution is 6.14. The monoisotopic (exact) mass is 701 g/mol. The summed E-state index contributed by atoms with van der Waals surface area (Å²) < 4.78 is 6.79. The maximum absolute atomic E-state index is 6.79. The van der Waals surface area contributed by atoms with Crippen LogP contribution in [-0.4, -0.2) is 15.0 Å². The van der Waals surface area contributed by atoms with E-state index < -0.39 is 0 Å². The topological polar surface area (TPSA) is 51.8 Å². The summed E-state index contributed by atoms with van der Waals surface area (Å²) in [5.41, 5.74) is 8.77. The van der Waals surface area contributed by atoms with Crippen molar-refractivity contribution >= 4 is 54.3 Å². The summed E-state index contributed by atoms with van der Waals surface area (Å²) in [6.45, 7) is 0. The van der Waals surface area contributed by atoms with Crippen LogP contribution in [0.5, 0.6) is 0 Å². The highest BCUT2D eigenvalue weighted by Gasteiger charge is 2.20. The average molecular weight is 702 g/mol. The third-order valence-electron chi connectivity index (χ3n) is 10.6. The number of hydrogen-bond acceptors (Lipinski definition) is 4. The first-order valence-corrected chi connectivity index (χ1v) is 18.5. The first-order valence-electron chi connectivity index (χ1n) is 18.5. The zero-order valence-electron chi connectivity index (χ0n) is 29.6. The van der Waals surface area contributed by atoms with Gasteiger partial charge in [0.25, 0.3) is 0 Å². The Morgan fingerprint density at radius 3 is 1.42 bits per heavy atom. The summed E-state index contributed by atoms with van der Waals surface area (Å²) >= 11 is 0. The van der Waals surface area contributed by atoms with Gasteiger partial charge in [0.05, 0.1) is 5.56 Å². The Morgan fingerprint density at radius 1 is 0.291 bits per heavy atom. The molecule has 0 saturated heterocycles. The van der Waals surface area contributed by atoms with Crippen molar-refractivity contribution in [3.8, 4) is 56.4 Å². The van der Waals surface area contributed by atoms with Crippen molar-refractivity contribution in [1.29, 1.82) is 0 Å². The van der Waals surface area contributed by atoms with Crippen molar-refractivity contribution < 1.29 is 4.42 Å². The minimum Gasteiger partial charge on any atom is -0.455 e. The predicted octanol–water partition coefficient (Wildman–Crippen LogP) is 13.6. The smallest absolute Gasteiger partial charge is 0.167 e. The fourth-order valence-corrected chi connectivity index (χ4v) is 7.80. The summed E-state index contributed by atoms with van der Waals surface area (Å²) in [5, 5.41) is 8.93. The maximum atomic E-state index is 6.79. The third kappa shape index (κ3) is 5.51. The van der Waals surface area contributed by atoms with Crippen LogP contribution in [-0.2, 0) is 0 Å². The molecule has 0 spiro atoms. The molecule has 0 saturated carbocycles. The van der Waals surface area contributed by atoms with Crippen LogP contribution in [0.25, 0.3) is 111 Å². The van der Waals surface area contributed by atoms with Crippen molar-refractivity contribution in [2.24, 2.45) is 0 Å². The number of benzene rings is 9. The lowest BCUT2D eigenvalue weighted by Crippen LogP contribution is -2.01. The SMILES string of the molecule is c1ccc(-c2ccc3cc(-c4nc(-c5ccc6ccccc6c5)nc(-c5cc(-c6ccccc6)cc6c5oc5cc7ccccc7cc56)n4)ccc3c2)cc1. The van der Waals surface area contributed by atoms with E-state index in [1.165, 1.54) is 11.1 Å². The van der Waals surface area contributed by atoms with Gasteiger partial charge in [0.15, 0.2) is 17.5 Å². The third-order valence-corrected chi connectivity index (χ3v) is 10.6. The molecule has 0 aliphatic carbocycles. The van der Waals surface area contributed by atoms with Crippen LogP contribution in [0.1, 0.15) is 0 Å². The number of nitrogens with zero attached hydrogens (tertiary/aromatic N) is 3. The molecule has 0 amide bonds. The molecular formula is C51H31N3O. The van der Waals surface area contributed by atoms with E-state index in [0.29, 0.717) is 17.5 Å². The van der Waals surface area contributed by atoms with Crippen LogP contribution in [0, 0.1) is 0 Å². The molecule has 0 fully saturated rings. The fraction of sp³-hybridized carbons (Fsp3) is 0. The van der Waals surface area contributed by atoms with Gasteiger partial charge in [-0.1, -0.05) is 146 Å². The molecule has 2 aromatic heterocycles. The van der Waals surface area contributed by atoms with Crippen molar-refractivity contribution in [2.75, 3.05) is 0 Å². The molecule has 0 atom stereocenters. The van der Waals surface area contributed by atoms with E-state index in [1.807, 2.05) is 12.1 Å². The molecule has 256 valence electrons. The van der Waals surface area contributed by atoms with Crippen molar-refractivity contribution in [3.05, 3.63) is 188 Å². The Hall–Kier alpha value is -7.43. The van der Waals surface area contributed by atoms with Crippen LogP contribution in [0.3, 0.4) is 0 Å². The standard InChI is InChI=1S/C51H31N3O/c1-3-11-32(12-4-1)38-20-21-40-27-42(24-22-39(40)25-38)50-52-49(41-23-19-34-15-7-8-16-35(34)26-41)53-51(54-50)46-30-43(33-13-5-2-6-14-33)29-45-44-28-36-17-9-10-18-37(36)31-47(44)55-48(45)46/h1-31H. The Kier molecular flexibility index (Phi) is 7.14. The lowest BCUT2D eigenvalue weighted by Gasteiger charge is -2.12. The first-order chi connectivity index (χ1) is 27.2. The Bertz CT molecular complexity index is 3260. The number of aromatic nitrogens is 3. The second-order valence-electron chi connectivity index (χ2n) is 14.1. The van der Waals surface area contributed by atoms with Gasteiger partial charge < -0.3 is 4.42 Å². The summed E-state index contributed by atoms with van der Waals surface area (Å²) in [6, 6.07) is 65.9. The lowest BCUT2D eigenvalue weighted by molar-refractivity contribution is 0.670. The number of hydrogen-bond donors (Lipinski definition) is 0. The number of furan rings is 1. The minimum absolute atomic E-state index is 0.555. The van der Waals surface area contributed by atoms with Crippen LogP contribution >= 0.6 is 0 Å². The van der Waals surface area contributed by atoms with E-state index in [2.05, 4.69) is 176 Å². The van der Waals surface area contributed by atoms with Gasteiger partial charge in [-0.15, -0.1) is 0 Å². The van der Waals surface area contributed by atoms with Crippen molar-refractivity contribution in [2.45, 2.75) is 0 Å². The van der Waals surface area contributed by atoms with Gasteiger partial charge in [-0.3, -0.25) is 0 Å². The van der Waals surface area contributed by atoms with Crippen LogP contribution in [0.4, 0.5) is 0 Å². The van der Waals surface area contributed by atoms with E-state index in [-0.39, 0.29) is 0 Å². The molecule has 0 radical (unpaired) electrons. The average Bonchev–Trinajstić information content (AvgIpc) is 3.62. The first kappa shape index (κ1) is 31.1. The normalized spacial score (nSPS) is 11.6. The lowest BCUT2D eigenvalue weighted by atomic mass is 9.98. The second-order valence-corrected chi connectivity index (χ2v) is 14.1. The molecule has 0 bridgehead atoms. The minimum atomic E-state index is 0.555. The van der Waals surface area contributed by atoms with Gasteiger partial charge in [-0.2, -0.15) is 0 Å². The van der Waals surface area contributed by atoms with Gasteiger partial charge in [0, 0.05) is 21.9 Å². The van der Waals surface area contributed by atoms with Crippen LogP contribution in [0.2, 0.25) is 0 Å². The molecule has 0 unspecified atom stereocenters. The molecule has 4 nitrogen and oxygen atoms in total. The maximum Gasteiger partial charge on any atom is 0.167 e. The largest absolute Gasteiger partial charge is 0.455 e. The van der Waals surface area contributed by atoms with Crippen LogP contribution in [0.15, 0.2) is 192 Å². The Morgan fingerprint density at radius 2 is 0.764 bits per heavy atom. The zero-order chi connectivity index (χ0) is 36.3. The summed E-state index contributed by atoms with van der Waals surface area (Å²) in [7, 11) is 0. The van der Waals surface area contributed by atoms with Crippen molar-refractivity contribution in [3.63, 3.8) is 0 Å². The van der Waals surface area contributed by atoms with Crippen LogP contribution < -0.4 is 0 Å². The van der Waals surface area contributed by atoms with E-state index in [0.717, 1.165) is 82.1 Å². The molecule has 9 aromatic carbocycles. The zero-order valence-corrected chi connectivity index (χ0v) is 29.6. The molecule has 11 rings (SSSR count). The Labute approximate surface area is 317 Å². The summed E-state index contributed by atoms with van der Waals surface area (Å²) in [4.78, 5) is 15.7. The molecule has 55 heavy (non-hydrogen) atoms. The van der Waals surface area contributed by atoms with Gasteiger partial charge in [0.1, 0.15) is 11.2 Å². The van der Waals surface area contributed by atoms with Gasteiger partial charge in [-0.05, 0) is 97.0 Å². The van der Waals surface area contributed by atoms with Crippen molar-refractivity contribution in [1.82, 2.24) is 15.0 Å². The quantitative estimate of drug-likeness (QED) is 0.179. The highest BCUT2D eigenvalue weighted by atomic mass is 16.3. The molecule has 0 N–H and O–H groups in total. The highest BCUT2D eigenvalue weighted by Crippen LogP contribution is 2.41.